The van der Waals surface area contributed by atoms with Gasteiger partial charge in [0.2, 0.25) is 0 Å². The highest BCUT2D eigenvalue weighted by Crippen LogP contribution is 2.38. The predicted molar refractivity (Wildman–Crippen MR) is 127 cm³/mol. The number of fused-ring (bicyclic) bond motifs is 1. The molecular weight excluding hydrogens is 412 g/mol. The molecule has 3 aromatic rings. The fraction of sp³-hybridized carbons (Fsp3) is 0.286. The van der Waals surface area contributed by atoms with Gasteiger partial charge in [0.15, 0.2) is 6.61 Å². The monoisotopic (exact) mass is 440 g/mol. The number of nitrogens with zero attached hydrogens (tertiary/aromatic N) is 1. The van der Waals surface area contributed by atoms with Crippen molar-refractivity contribution in [2.24, 2.45) is 0 Å². The van der Waals surface area contributed by atoms with Gasteiger partial charge in [-0.2, -0.15) is 0 Å². The second-order valence-corrected chi connectivity index (χ2v) is 8.92. The van der Waals surface area contributed by atoms with E-state index in [1.807, 2.05) is 53.4 Å². The molecule has 1 aliphatic carbocycles. The molecule has 1 N–H and O–H groups in total. The first-order chi connectivity index (χ1) is 16.1. The third-order valence-electron chi connectivity index (χ3n) is 6.30. The second kappa shape index (κ2) is 9.10. The van der Waals surface area contributed by atoms with Crippen LogP contribution in [0.2, 0.25) is 0 Å². The summed E-state index contributed by atoms with van der Waals surface area (Å²) in [5.41, 5.74) is 5.16. The van der Waals surface area contributed by atoms with Crippen LogP contribution in [0.5, 0.6) is 5.75 Å². The van der Waals surface area contributed by atoms with Gasteiger partial charge >= 0.3 is 0 Å². The van der Waals surface area contributed by atoms with Gasteiger partial charge in [-0.15, -0.1) is 0 Å². The van der Waals surface area contributed by atoms with Gasteiger partial charge in [-0.1, -0.05) is 54.1 Å². The van der Waals surface area contributed by atoms with Gasteiger partial charge in [-0.25, -0.2) is 0 Å². The fourth-order valence-corrected chi connectivity index (χ4v) is 4.49. The van der Waals surface area contributed by atoms with Gasteiger partial charge in [-0.3, -0.25) is 9.59 Å². The largest absolute Gasteiger partial charge is 0.484 e. The molecule has 0 spiro atoms. The van der Waals surface area contributed by atoms with Gasteiger partial charge < -0.3 is 15.0 Å². The molecule has 1 fully saturated rings. The maximum absolute atomic E-state index is 13.5. The molecule has 2 amide bonds. The molecule has 3 aromatic carbocycles. The van der Waals surface area contributed by atoms with E-state index >= 15 is 0 Å². The number of aryl methyl sites for hydroxylation is 1. The molecule has 5 nitrogen and oxygen atoms in total. The highest BCUT2D eigenvalue weighted by atomic mass is 16.5. The smallest absolute Gasteiger partial charge is 0.258 e. The summed E-state index contributed by atoms with van der Waals surface area (Å²) in [6, 6.07) is 23.8. The Hall–Kier alpha value is -3.60. The van der Waals surface area contributed by atoms with Crippen LogP contribution in [-0.4, -0.2) is 35.9 Å². The molecule has 0 radical (unpaired) electrons. The lowest BCUT2D eigenvalue weighted by Crippen LogP contribution is -2.40. The Morgan fingerprint density at radius 2 is 1.82 bits per heavy atom. The Bertz CT molecular complexity index is 1170. The summed E-state index contributed by atoms with van der Waals surface area (Å²) >= 11 is 0. The minimum atomic E-state index is -0.217. The molecule has 33 heavy (non-hydrogen) atoms. The van der Waals surface area contributed by atoms with Gasteiger partial charge in [0, 0.05) is 18.2 Å². The third-order valence-corrected chi connectivity index (χ3v) is 6.30. The normalized spacial score (nSPS) is 17.2. The third kappa shape index (κ3) is 4.77. The van der Waals surface area contributed by atoms with Gasteiger partial charge in [-0.05, 0) is 67.1 Å². The molecule has 0 bridgehead atoms. The Morgan fingerprint density at radius 1 is 1.00 bits per heavy atom. The highest BCUT2D eigenvalue weighted by Gasteiger charge is 2.33. The summed E-state index contributed by atoms with van der Waals surface area (Å²) in [4.78, 5) is 27.6. The van der Waals surface area contributed by atoms with E-state index < -0.39 is 0 Å². The lowest BCUT2D eigenvalue weighted by molar-refractivity contribution is -0.123. The number of nitrogens with one attached hydrogen (secondary N) is 1. The number of benzene rings is 3. The standard InChI is InChI=1S/C28H28N2O3/c1-19-6-5-9-22(16-19)27-25-17-24(33-18-26(31)29-23-11-12-23)13-10-20(25)14-15-30(27)28(32)21-7-3-2-4-8-21/h2-10,13,16-17,23,27H,11-12,14-15,18H2,1H3,(H,29,31)/t27-/m0/s1. The Balaban J connectivity index is 1.47. The van der Waals surface area contributed by atoms with Crippen molar-refractivity contribution in [3.63, 3.8) is 0 Å². The van der Waals surface area contributed by atoms with Crippen molar-refractivity contribution < 1.29 is 14.3 Å². The zero-order valence-electron chi connectivity index (χ0n) is 18.8. The Labute approximate surface area is 194 Å². The zero-order chi connectivity index (χ0) is 22.8. The van der Waals surface area contributed by atoms with Crippen molar-refractivity contribution in [3.05, 3.63) is 101 Å². The van der Waals surface area contributed by atoms with Crippen LogP contribution >= 0.6 is 0 Å². The molecule has 5 rings (SSSR count). The number of rotatable bonds is 6. The first kappa shape index (κ1) is 21.3. The predicted octanol–water partition coefficient (Wildman–Crippen LogP) is 4.44. The fourth-order valence-electron chi connectivity index (χ4n) is 4.49. The number of ether oxygens (including phenoxy) is 1. The number of carbonyl (C=O) groups is 2. The Kier molecular flexibility index (Phi) is 5.86. The van der Waals surface area contributed by atoms with Crippen LogP contribution in [0.25, 0.3) is 0 Å². The first-order valence-electron chi connectivity index (χ1n) is 11.6. The van der Waals surface area contributed by atoms with E-state index in [9.17, 15) is 9.59 Å². The summed E-state index contributed by atoms with van der Waals surface area (Å²) in [6.45, 7) is 2.70. The van der Waals surface area contributed by atoms with E-state index in [4.69, 9.17) is 4.74 Å². The summed E-state index contributed by atoms with van der Waals surface area (Å²) in [5.74, 6) is 0.570. The molecule has 1 atom stereocenters. The van der Waals surface area contributed by atoms with Crippen molar-refractivity contribution in [3.8, 4) is 5.75 Å². The van der Waals surface area contributed by atoms with Crippen LogP contribution in [0.3, 0.4) is 0 Å². The van der Waals surface area contributed by atoms with Gasteiger partial charge in [0.1, 0.15) is 5.75 Å². The summed E-state index contributed by atoms with van der Waals surface area (Å²) < 4.78 is 5.84. The molecule has 0 aromatic heterocycles. The van der Waals surface area contributed by atoms with Crippen LogP contribution in [0.15, 0.2) is 72.8 Å². The van der Waals surface area contributed by atoms with Gasteiger partial charge in [0.05, 0.1) is 6.04 Å². The minimum absolute atomic E-state index is 0.00292. The van der Waals surface area contributed by atoms with E-state index in [0.717, 1.165) is 36.0 Å². The topological polar surface area (TPSA) is 58.6 Å². The molecule has 168 valence electrons. The maximum Gasteiger partial charge on any atom is 0.258 e. The molecule has 5 heteroatoms. The van der Waals surface area contributed by atoms with Crippen molar-refractivity contribution in [1.29, 1.82) is 0 Å². The molecule has 1 aliphatic heterocycles. The van der Waals surface area contributed by atoms with Crippen LogP contribution in [0.1, 0.15) is 51.5 Å². The molecule has 1 saturated carbocycles. The average molecular weight is 441 g/mol. The number of hydrogen-bond donors (Lipinski definition) is 1. The molecule has 2 aliphatic rings. The van der Waals surface area contributed by atoms with Crippen LogP contribution < -0.4 is 10.1 Å². The first-order valence-corrected chi connectivity index (χ1v) is 11.6. The van der Waals surface area contributed by atoms with Crippen molar-refractivity contribution >= 4 is 11.8 Å². The number of hydrogen-bond acceptors (Lipinski definition) is 3. The summed E-state index contributed by atoms with van der Waals surface area (Å²) in [5, 5.41) is 2.95. The molecule has 0 saturated heterocycles. The van der Waals surface area contributed by atoms with E-state index in [1.165, 1.54) is 5.56 Å². The Morgan fingerprint density at radius 3 is 2.58 bits per heavy atom. The summed E-state index contributed by atoms with van der Waals surface area (Å²) in [6.07, 6.45) is 2.88. The van der Waals surface area contributed by atoms with Gasteiger partial charge in [0.25, 0.3) is 11.8 Å². The average Bonchev–Trinajstić information content (AvgIpc) is 3.66. The second-order valence-electron chi connectivity index (χ2n) is 8.92. The van der Waals surface area contributed by atoms with Crippen LogP contribution in [-0.2, 0) is 11.2 Å². The van der Waals surface area contributed by atoms with Crippen LogP contribution in [0.4, 0.5) is 0 Å². The lowest BCUT2D eigenvalue weighted by Gasteiger charge is -2.38. The molecule has 0 unspecified atom stereocenters. The number of carbonyl (C=O) groups excluding carboxylic acids is 2. The zero-order valence-corrected chi connectivity index (χ0v) is 18.8. The SMILES string of the molecule is Cc1cccc([C@H]2c3cc(OCC(=O)NC4CC4)ccc3CCN2C(=O)c2ccccc2)c1. The minimum Gasteiger partial charge on any atom is -0.484 e. The van der Waals surface area contributed by atoms with E-state index in [1.54, 1.807) is 0 Å². The lowest BCUT2D eigenvalue weighted by atomic mass is 9.87. The molecular formula is C28H28N2O3. The van der Waals surface area contributed by atoms with Crippen molar-refractivity contribution in [2.45, 2.75) is 38.3 Å². The maximum atomic E-state index is 13.5. The van der Waals surface area contributed by atoms with Crippen molar-refractivity contribution in [2.75, 3.05) is 13.2 Å². The molecule has 1 heterocycles. The van der Waals surface area contributed by atoms with Crippen molar-refractivity contribution in [1.82, 2.24) is 10.2 Å². The van der Waals surface area contributed by atoms with E-state index in [-0.39, 0.29) is 24.5 Å². The number of amides is 2. The quantitative estimate of drug-likeness (QED) is 0.617. The highest BCUT2D eigenvalue weighted by molar-refractivity contribution is 5.95. The van der Waals surface area contributed by atoms with E-state index in [2.05, 4.69) is 36.5 Å². The van der Waals surface area contributed by atoms with Crippen LogP contribution in [0, 0.1) is 6.92 Å². The summed E-state index contributed by atoms with van der Waals surface area (Å²) in [7, 11) is 0. The van der Waals surface area contributed by atoms with E-state index in [0.29, 0.717) is 23.9 Å².